The van der Waals surface area contributed by atoms with Crippen LogP contribution in [0.3, 0.4) is 0 Å². The van der Waals surface area contributed by atoms with Gasteiger partial charge in [0.25, 0.3) is 0 Å². The van der Waals surface area contributed by atoms with Crippen LogP contribution in [0.5, 0.6) is 0 Å². The van der Waals surface area contributed by atoms with Gasteiger partial charge in [-0.1, -0.05) is 26.0 Å². The van der Waals surface area contributed by atoms with Crippen molar-refractivity contribution in [1.29, 1.82) is 5.26 Å². The van der Waals surface area contributed by atoms with Gasteiger partial charge in [0.2, 0.25) is 0 Å². The molecule has 3 aromatic heterocycles. The molecule has 0 radical (unpaired) electrons. The van der Waals surface area contributed by atoms with Crippen LogP contribution < -0.4 is 0 Å². The molecule has 1 fully saturated rings. The molecule has 0 aromatic carbocycles. The molecule has 3 aromatic rings. The fourth-order valence-electron chi connectivity index (χ4n) is 3.96. The highest BCUT2D eigenvalue weighted by atomic mass is 15.2. The molecule has 1 unspecified atom stereocenters. The van der Waals surface area contributed by atoms with Crippen LogP contribution in [-0.4, -0.2) is 25.8 Å². The molecular weight excluding hydrogens is 346 g/mol. The maximum absolute atomic E-state index is 8.87. The summed E-state index contributed by atoms with van der Waals surface area (Å²) in [5, 5.41) is 8.87. The third kappa shape index (κ3) is 4.23. The van der Waals surface area contributed by atoms with Gasteiger partial charge < -0.3 is 4.40 Å². The van der Waals surface area contributed by atoms with Crippen LogP contribution in [0.25, 0.3) is 5.65 Å². The van der Waals surface area contributed by atoms with Gasteiger partial charge in [-0.15, -0.1) is 0 Å². The Bertz CT molecular complexity index is 953. The number of likely N-dealkylation sites (tertiary alicyclic amines) is 1. The number of aryl methyl sites for hydroxylation is 2. The second kappa shape index (κ2) is 9.48. The predicted molar refractivity (Wildman–Crippen MR) is 112 cm³/mol. The summed E-state index contributed by atoms with van der Waals surface area (Å²) < 4.78 is 2.13. The highest BCUT2D eigenvalue weighted by Crippen LogP contribution is 2.33. The highest BCUT2D eigenvalue weighted by Gasteiger charge is 2.28. The van der Waals surface area contributed by atoms with Crippen LogP contribution in [0.1, 0.15) is 61.8 Å². The smallest absolute Gasteiger partial charge is 0.137 e. The molecule has 0 aliphatic carbocycles. The van der Waals surface area contributed by atoms with Gasteiger partial charge in [-0.3, -0.25) is 9.88 Å². The lowest BCUT2D eigenvalue weighted by Crippen LogP contribution is -2.24. The van der Waals surface area contributed by atoms with E-state index in [9.17, 15) is 0 Å². The maximum Gasteiger partial charge on any atom is 0.137 e. The van der Waals surface area contributed by atoms with Crippen molar-refractivity contribution in [3.8, 4) is 6.07 Å². The molecular formula is C23H29N5. The molecule has 1 aliphatic heterocycles. The number of aromatic nitrogens is 3. The molecule has 146 valence electrons. The molecule has 5 nitrogen and oxygen atoms in total. The molecule has 0 spiro atoms. The zero-order chi connectivity index (χ0) is 19.9. The summed E-state index contributed by atoms with van der Waals surface area (Å²) in [5.74, 6) is 0. The van der Waals surface area contributed by atoms with Crippen LogP contribution in [-0.2, 0) is 13.0 Å². The summed E-state index contributed by atoms with van der Waals surface area (Å²) in [6.45, 7) is 8.06. The van der Waals surface area contributed by atoms with E-state index in [2.05, 4.69) is 45.6 Å². The third-order valence-corrected chi connectivity index (χ3v) is 5.21. The maximum atomic E-state index is 8.87. The Hall–Kier alpha value is -2.71. The van der Waals surface area contributed by atoms with Gasteiger partial charge in [-0.25, -0.2) is 4.98 Å². The Morgan fingerprint density at radius 1 is 1.21 bits per heavy atom. The Labute approximate surface area is 167 Å². The summed E-state index contributed by atoms with van der Waals surface area (Å²) in [4.78, 5) is 12.0. The zero-order valence-corrected chi connectivity index (χ0v) is 17.1. The van der Waals surface area contributed by atoms with Crippen molar-refractivity contribution in [1.82, 2.24) is 19.3 Å². The SMILES string of the molecule is CC.Cc1cccnc1C1CCCN1Cc1cn2c(CCC#N)cccc2n1. The molecule has 1 saturated heterocycles. The standard InChI is InChI=1S/C21H23N5.C2H6/c1-16-6-4-12-23-21(16)19-9-5-13-25(19)14-17-15-26-18(8-3-11-22)7-2-10-20(26)24-17;1-2/h2,4,6-7,10,12,15,19H,3,5,8-9,13-14H2,1H3;1-2H3. The third-order valence-electron chi connectivity index (χ3n) is 5.21. The molecule has 0 saturated carbocycles. The van der Waals surface area contributed by atoms with E-state index in [1.54, 1.807) is 0 Å². The fraction of sp³-hybridized carbons (Fsp3) is 0.435. The van der Waals surface area contributed by atoms with Crippen molar-refractivity contribution in [3.63, 3.8) is 0 Å². The van der Waals surface area contributed by atoms with Crippen molar-refractivity contribution < 1.29 is 0 Å². The van der Waals surface area contributed by atoms with Gasteiger partial charge in [0.15, 0.2) is 0 Å². The predicted octanol–water partition coefficient (Wildman–Crippen LogP) is 4.86. The first-order valence-corrected chi connectivity index (χ1v) is 10.2. The Kier molecular flexibility index (Phi) is 6.78. The molecule has 0 amide bonds. The second-order valence-electron chi connectivity index (χ2n) is 6.97. The largest absolute Gasteiger partial charge is 0.304 e. The monoisotopic (exact) mass is 375 g/mol. The van der Waals surface area contributed by atoms with Gasteiger partial charge in [0.05, 0.1) is 23.5 Å². The molecule has 0 N–H and O–H groups in total. The minimum atomic E-state index is 0.374. The molecule has 4 heterocycles. The number of hydrogen-bond acceptors (Lipinski definition) is 4. The number of nitrogens with zero attached hydrogens (tertiary/aromatic N) is 5. The molecule has 1 atom stereocenters. The van der Waals surface area contributed by atoms with E-state index in [0.717, 1.165) is 43.0 Å². The van der Waals surface area contributed by atoms with E-state index in [4.69, 9.17) is 10.2 Å². The average molecular weight is 376 g/mol. The van der Waals surface area contributed by atoms with Crippen LogP contribution >= 0.6 is 0 Å². The zero-order valence-electron chi connectivity index (χ0n) is 17.1. The lowest BCUT2D eigenvalue weighted by molar-refractivity contribution is 0.241. The first kappa shape index (κ1) is 20.0. The van der Waals surface area contributed by atoms with E-state index < -0.39 is 0 Å². The number of imidazole rings is 1. The van der Waals surface area contributed by atoms with Crippen LogP contribution in [0.2, 0.25) is 0 Å². The molecule has 1 aliphatic rings. The minimum absolute atomic E-state index is 0.374. The highest BCUT2D eigenvalue weighted by molar-refractivity contribution is 5.42. The van der Waals surface area contributed by atoms with Gasteiger partial charge >= 0.3 is 0 Å². The summed E-state index contributed by atoms with van der Waals surface area (Å²) in [6, 6.07) is 12.9. The van der Waals surface area contributed by atoms with E-state index in [-0.39, 0.29) is 0 Å². The Balaban J connectivity index is 0.00000109. The van der Waals surface area contributed by atoms with Crippen molar-refractivity contribution in [2.75, 3.05) is 6.54 Å². The van der Waals surface area contributed by atoms with Crippen molar-refractivity contribution in [3.05, 3.63) is 65.4 Å². The number of hydrogen-bond donors (Lipinski definition) is 0. The molecule has 4 rings (SSSR count). The molecule has 28 heavy (non-hydrogen) atoms. The van der Waals surface area contributed by atoms with Gasteiger partial charge in [0.1, 0.15) is 5.65 Å². The van der Waals surface area contributed by atoms with E-state index in [0.29, 0.717) is 12.5 Å². The number of pyridine rings is 2. The Morgan fingerprint density at radius 2 is 2.07 bits per heavy atom. The van der Waals surface area contributed by atoms with Gasteiger partial charge in [-0.2, -0.15) is 5.26 Å². The first-order valence-electron chi connectivity index (χ1n) is 10.2. The minimum Gasteiger partial charge on any atom is -0.304 e. The lowest BCUT2D eigenvalue weighted by Gasteiger charge is -2.24. The summed E-state index contributed by atoms with van der Waals surface area (Å²) in [5.41, 5.74) is 5.64. The van der Waals surface area contributed by atoms with E-state index in [1.165, 1.54) is 17.7 Å². The van der Waals surface area contributed by atoms with Crippen LogP contribution in [0, 0.1) is 18.3 Å². The number of nitriles is 1. The lowest BCUT2D eigenvalue weighted by atomic mass is 10.1. The van der Waals surface area contributed by atoms with E-state index in [1.807, 2.05) is 38.2 Å². The Morgan fingerprint density at radius 3 is 2.86 bits per heavy atom. The fourth-order valence-corrected chi connectivity index (χ4v) is 3.96. The quantitative estimate of drug-likeness (QED) is 0.639. The van der Waals surface area contributed by atoms with Gasteiger partial charge in [-0.05, 0) is 50.1 Å². The summed E-state index contributed by atoms with van der Waals surface area (Å²) >= 11 is 0. The van der Waals surface area contributed by atoms with Gasteiger partial charge in [0, 0.05) is 37.5 Å². The van der Waals surface area contributed by atoms with Crippen molar-refractivity contribution in [2.24, 2.45) is 0 Å². The summed E-state index contributed by atoms with van der Waals surface area (Å²) in [6.07, 6.45) is 7.65. The average Bonchev–Trinajstić information content (AvgIpc) is 3.35. The van der Waals surface area contributed by atoms with Crippen molar-refractivity contribution >= 4 is 5.65 Å². The normalized spacial score (nSPS) is 16.6. The first-order chi connectivity index (χ1) is 13.8. The summed E-state index contributed by atoms with van der Waals surface area (Å²) in [7, 11) is 0. The number of rotatable bonds is 5. The van der Waals surface area contributed by atoms with E-state index >= 15 is 0 Å². The molecule has 5 heteroatoms. The second-order valence-corrected chi connectivity index (χ2v) is 6.97. The van der Waals surface area contributed by atoms with Crippen molar-refractivity contribution in [2.45, 2.75) is 59.0 Å². The number of fused-ring (bicyclic) bond motifs is 1. The molecule has 0 bridgehead atoms. The van der Waals surface area contributed by atoms with Crippen LogP contribution in [0.4, 0.5) is 0 Å². The van der Waals surface area contributed by atoms with Crippen LogP contribution in [0.15, 0.2) is 42.7 Å². The topological polar surface area (TPSA) is 57.2 Å².